The van der Waals surface area contributed by atoms with Crippen LogP contribution in [0.15, 0.2) is 24.3 Å². The molecular weight excluding hydrogens is 268 g/mol. The first-order valence-electron chi connectivity index (χ1n) is 4.43. The predicted molar refractivity (Wildman–Crippen MR) is 55.8 cm³/mol. The van der Waals surface area contributed by atoms with E-state index in [0.29, 0.717) is 12.1 Å². The third-order valence-corrected chi connectivity index (χ3v) is 2.21. The van der Waals surface area contributed by atoms with E-state index in [0.717, 1.165) is 12.1 Å². The van der Waals surface area contributed by atoms with E-state index >= 15 is 0 Å². The summed E-state index contributed by atoms with van der Waals surface area (Å²) in [6.45, 7) is 0. The van der Waals surface area contributed by atoms with Crippen LogP contribution < -0.4 is 0 Å². The minimum absolute atomic E-state index is 0.425. The zero-order valence-electron chi connectivity index (χ0n) is 8.86. The van der Waals surface area contributed by atoms with E-state index in [-0.39, 0.29) is 0 Å². The van der Waals surface area contributed by atoms with Crippen molar-refractivity contribution >= 4 is 5.69 Å². The van der Waals surface area contributed by atoms with Crippen LogP contribution in [0.2, 0.25) is 0 Å². The first-order chi connectivity index (χ1) is 8.74. The second-order valence-electron chi connectivity index (χ2n) is 3.21. The largest absolute Gasteiger partial charge is 0.728 e. The molecule has 0 unspecified atom stereocenters. The second-order valence-corrected chi connectivity index (χ2v) is 3.21. The van der Waals surface area contributed by atoms with Crippen LogP contribution in [-0.2, 0) is 5.79 Å². The lowest BCUT2D eigenvalue weighted by Gasteiger charge is -2.08. The zero-order valence-corrected chi connectivity index (χ0v) is 8.86. The van der Waals surface area contributed by atoms with Gasteiger partial charge in [0.2, 0.25) is 0 Å². The van der Waals surface area contributed by atoms with E-state index in [1.807, 2.05) is 0 Å². The van der Waals surface area contributed by atoms with Crippen molar-refractivity contribution in [2.45, 2.75) is 5.79 Å². The molecule has 1 aromatic carbocycles. The van der Waals surface area contributed by atoms with Crippen LogP contribution in [0.4, 0.5) is 5.69 Å². The molecule has 0 atom stereocenters. The molecule has 1 rings (SSSR count). The van der Waals surface area contributed by atoms with E-state index in [2.05, 4.69) is 0 Å². The van der Waals surface area contributed by atoms with E-state index in [1.54, 1.807) is 0 Å². The van der Waals surface area contributed by atoms with Crippen molar-refractivity contribution in [1.82, 2.24) is 0 Å². The molecule has 0 aliphatic carbocycles. The standard InChI is InChI=1S/C7H4N4O8/c12-8(13)6-3-1-2-5(4-6)7(9(14)15,10(16)17)11(18)19/h1-4H. The van der Waals surface area contributed by atoms with Crippen molar-refractivity contribution in [1.29, 1.82) is 0 Å². The summed E-state index contributed by atoms with van der Waals surface area (Å²) in [6.07, 6.45) is 0. The van der Waals surface area contributed by atoms with Crippen molar-refractivity contribution in [2.75, 3.05) is 0 Å². The lowest BCUT2D eigenvalue weighted by Crippen LogP contribution is -2.50. The number of non-ortho nitro benzene ring substituents is 1. The highest BCUT2D eigenvalue weighted by molar-refractivity contribution is 5.35. The van der Waals surface area contributed by atoms with Gasteiger partial charge in [-0.15, -0.1) is 0 Å². The number of hydrogen-bond acceptors (Lipinski definition) is 8. The normalized spacial score (nSPS) is 10.7. The number of rotatable bonds is 5. The highest BCUT2D eigenvalue weighted by Gasteiger charge is 2.72. The quantitative estimate of drug-likeness (QED) is 0.423. The Balaban J connectivity index is 3.63. The SMILES string of the molecule is O=[N+]([O-])c1cccc(C([N+](=O)[O-])([N+](=O)[O-])[N+](=O)[O-])c1. The maximum absolute atomic E-state index is 10.7. The number of nitro groups is 4. The Morgan fingerprint density at radius 2 is 1.32 bits per heavy atom. The van der Waals surface area contributed by atoms with Gasteiger partial charge < -0.3 is 0 Å². The molecule has 0 N–H and O–H groups in total. The maximum Gasteiger partial charge on any atom is 0.728 e. The molecule has 0 saturated carbocycles. The fourth-order valence-corrected chi connectivity index (χ4v) is 1.34. The molecule has 0 aliphatic rings. The average Bonchev–Trinajstić information content (AvgIpc) is 2.28. The van der Waals surface area contributed by atoms with Crippen molar-refractivity contribution in [3.63, 3.8) is 0 Å². The number of nitro benzene ring substituents is 1. The van der Waals surface area contributed by atoms with Crippen molar-refractivity contribution < 1.29 is 19.7 Å². The minimum atomic E-state index is -3.87. The second kappa shape index (κ2) is 4.59. The summed E-state index contributed by atoms with van der Waals surface area (Å²) in [5.74, 6) is -3.87. The molecule has 1 aromatic rings. The molecule has 12 nitrogen and oxygen atoms in total. The van der Waals surface area contributed by atoms with Crippen LogP contribution >= 0.6 is 0 Å². The Kier molecular flexibility index (Phi) is 3.36. The van der Waals surface area contributed by atoms with Gasteiger partial charge in [0, 0.05) is 12.1 Å². The van der Waals surface area contributed by atoms with Crippen LogP contribution in [0.1, 0.15) is 5.56 Å². The first-order valence-corrected chi connectivity index (χ1v) is 4.43. The van der Waals surface area contributed by atoms with Crippen LogP contribution in [0.25, 0.3) is 0 Å². The van der Waals surface area contributed by atoms with Gasteiger partial charge in [0.15, 0.2) is 20.3 Å². The third kappa shape index (κ3) is 2.01. The van der Waals surface area contributed by atoms with Crippen molar-refractivity contribution in [3.05, 3.63) is 70.3 Å². The van der Waals surface area contributed by atoms with E-state index in [4.69, 9.17) is 0 Å². The molecule has 0 spiro atoms. The lowest BCUT2D eigenvalue weighted by molar-refractivity contribution is -0.986. The molecule has 0 amide bonds. The summed E-state index contributed by atoms with van der Waals surface area (Å²) in [5.41, 5.74) is -1.74. The predicted octanol–water partition coefficient (Wildman–Crippen LogP) is 0.535. The molecular formula is C7H4N4O8. The smallest absolute Gasteiger partial charge is 0.258 e. The van der Waals surface area contributed by atoms with Gasteiger partial charge in [-0.25, -0.2) is 0 Å². The van der Waals surface area contributed by atoms with Gasteiger partial charge in [0.25, 0.3) is 5.69 Å². The van der Waals surface area contributed by atoms with Gasteiger partial charge in [0.05, 0.1) is 4.92 Å². The highest BCUT2D eigenvalue weighted by atomic mass is 16.7. The van der Waals surface area contributed by atoms with Gasteiger partial charge >= 0.3 is 5.79 Å². The average molecular weight is 272 g/mol. The Hall–Kier alpha value is -3.18. The molecule has 19 heavy (non-hydrogen) atoms. The fraction of sp³-hybridized carbons (Fsp3) is 0.143. The van der Waals surface area contributed by atoms with Crippen molar-refractivity contribution in [2.24, 2.45) is 0 Å². The van der Waals surface area contributed by atoms with Crippen LogP contribution in [-0.4, -0.2) is 19.7 Å². The third-order valence-electron chi connectivity index (χ3n) is 2.21. The van der Waals surface area contributed by atoms with Gasteiger partial charge in [-0.2, -0.15) is 0 Å². The number of hydrogen-bond donors (Lipinski definition) is 0. The molecule has 0 radical (unpaired) electrons. The summed E-state index contributed by atoms with van der Waals surface area (Å²) < 4.78 is 0. The van der Waals surface area contributed by atoms with E-state index in [9.17, 15) is 40.5 Å². The Labute approximate surface area is 102 Å². The van der Waals surface area contributed by atoms with Crippen molar-refractivity contribution in [3.8, 4) is 0 Å². The van der Waals surface area contributed by atoms with Crippen LogP contribution in [0.3, 0.4) is 0 Å². The van der Waals surface area contributed by atoms with Crippen LogP contribution in [0.5, 0.6) is 0 Å². The molecule has 0 bridgehead atoms. The summed E-state index contributed by atoms with van der Waals surface area (Å²) in [7, 11) is 0. The number of benzene rings is 1. The molecule has 12 heteroatoms. The molecule has 0 saturated heterocycles. The summed E-state index contributed by atoms with van der Waals surface area (Å²) >= 11 is 0. The maximum atomic E-state index is 10.7. The summed E-state index contributed by atoms with van der Waals surface area (Å²) in [6, 6.07) is 2.92. The Morgan fingerprint density at radius 1 is 0.842 bits per heavy atom. The molecule has 0 aromatic heterocycles. The molecule has 0 heterocycles. The molecule has 0 aliphatic heterocycles. The molecule has 100 valence electrons. The lowest BCUT2D eigenvalue weighted by atomic mass is 10.1. The highest BCUT2D eigenvalue weighted by Crippen LogP contribution is 2.29. The Bertz CT molecular complexity index is 548. The minimum Gasteiger partial charge on any atom is -0.258 e. The first kappa shape index (κ1) is 13.9. The van der Waals surface area contributed by atoms with Gasteiger partial charge in [0.1, 0.15) is 0 Å². The molecule has 0 fully saturated rings. The zero-order chi connectivity index (χ0) is 14.8. The number of nitrogens with zero attached hydrogens (tertiary/aromatic N) is 4. The van der Waals surface area contributed by atoms with E-state index in [1.165, 1.54) is 0 Å². The fourth-order valence-electron chi connectivity index (χ4n) is 1.34. The van der Waals surface area contributed by atoms with Gasteiger partial charge in [-0.3, -0.25) is 40.5 Å². The van der Waals surface area contributed by atoms with E-state index < -0.39 is 36.7 Å². The monoisotopic (exact) mass is 272 g/mol. The summed E-state index contributed by atoms with van der Waals surface area (Å²) in [5, 5.41) is 42.7. The van der Waals surface area contributed by atoms with Gasteiger partial charge in [-0.05, 0) is 6.07 Å². The summed E-state index contributed by atoms with van der Waals surface area (Å²) in [4.78, 5) is 36.6. The Morgan fingerprint density at radius 3 is 1.68 bits per heavy atom. The van der Waals surface area contributed by atoms with Gasteiger partial charge in [-0.1, -0.05) is 6.07 Å². The topological polar surface area (TPSA) is 173 Å². The van der Waals surface area contributed by atoms with Crippen LogP contribution in [0, 0.1) is 40.5 Å².